The first-order valence-electron chi connectivity index (χ1n) is 10.3. The zero-order chi connectivity index (χ0) is 21.6. The summed E-state index contributed by atoms with van der Waals surface area (Å²) < 4.78 is 1.81. The molecule has 7 heteroatoms. The Kier molecular flexibility index (Phi) is 6.48. The number of H-pyrrole nitrogens is 1. The number of hydrogen-bond acceptors (Lipinski definition) is 3. The highest BCUT2D eigenvalue weighted by Crippen LogP contribution is 2.25. The zero-order valence-electron chi connectivity index (χ0n) is 17.3. The molecule has 2 aromatic carbocycles. The number of carbonyl (C=O) groups is 1. The van der Waals surface area contributed by atoms with Crippen molar-refractivity contribution in [1.82, 2.24) is 25.3 Å². The lowest BCUT2D eigenvalue weighted by atomic mass is 10.1. The molecule has 0 aliphatic carbocycles. The van der Waals surface area contributed by atoms with E-state index in [0.717, 1.165) is 41.0 Å². The van der Waals surface area contributed by atoms with E-state index in [2.05, 4.69) is 15.5 Å². The van der Waals surface area contributed by atoms with Crippen molar-refractivity contribution in [1.29, 1.82) is 0 Å². The van der Waals surface area contributed by atoms with Gasteiger partial charge in [0.2, 0.25) is 5.91 Å². The van der Waals surface area contributed by atoms with Gasteiger partial charge < -0.3 is 5.32 Å². The maximum Gasteiger partial charge on any atom is 0.224 e. The average molecular weight is 434 g/mol. The van der Waals surface area contributed by atoms with E-state index in [0.29, 0.717) is 11.6 Å². The van der Waals surface area contributed by atoms with E-state index < -0.39 is 0 Å². The molecular formula is C24H24ClN5O. The molecule has 0 radical (unpaired) electrons. The molecule has 0 saturated carbocycles. The molecule has 0 bridgehead atoms. The van der Waals surface area contributed by atoms with E-state index in [1.165, 1.54) is 5.56 Å². The predicted molar refractivity (Wildman–Crippen MR) is 122 cm³/mol. The van der Waals surface area contributed by atoms with Gasteiger partial charge in [0.15, 0.2) is 0 Å². The van der Waals surface area contributed by atoms with Crippen LogP contribution in [-0.2, 0) is 17.6 Å². The van der Waals surface area contributed by atoms with Crippen molar-refractivity contribution < 1.29 is 4.79 Å². The second kappa shape index (κ2) is 9.62. The fraction of sp³-hybridized carbons (Fsp3) is 0.208. The van der Waals surface area contributed by atoms with Crippen molar-refractivity contribution in [3.63, 3.8) is 0 Å². The summed E-state index contributed by atoms with van der Waals surface area (Å²) in [4.78, 5) is 12.6. The van der Waals surface area contributed by atoms with Crippen molar-refractivity contribution in [3.05, 3.63) is 88.8 Å². The van der Waals surface area contributed by atoms with Crippen LogP contribution in [0.5, 0.6) is 0 Å². The summed E-state index contributed by atoms with van der Waals surface area (Å²) >= 11 is 6.05. The number of aromatic amines is 1. The van der Waals surface area contributed by atoms with Gasteiger partial charge in [-0.15, -0.1) is 0 Å². The second-order valence-electron chi connectivity index (χ2n) is 7.44. The normalized spacial score (nSPS) is 10.9. The van der Waals surface area contributed by atoms with E-state index in [4.69, 9.17) is 16.7 Å². The Morgan fingerprint density at radius 2 is 1.87 bits per heavy atom. The van der Waals surface area contributed by atoms with Gasteiger partial charge >= 0.3 is 0 Å². The van der Waals surface area contributed by atoms with Crippen molar-refractivity contribution >= 4 is 17.5 Å². The van der Waals surface area contributed by atoms with Gasteiger partial charge in [-0.1, -0.05) is 41.9 Å². The topological polar surface area (TPSA) is 75.6 Å². The lowest BCUT2D eigenvalue weighted by molar-refractivity contribution is -0.120. The molecule has 0 saturated heterocycles. The monoisotopic (exact) mass is 433 g/mol. The molecule has 0 spiro atoms. The Hall–Kier alpha value is -3.38. The maximum atomic E-state index is 12.6. The quantitative estimate of drug-likeness (QED) is 0.401. The van der Waals surface area contributed by atoms with Crippen LogP contribution in [0.3, 0.4) is 0 Å². The average Bonchev–Trinajstić information content (AvgIpc) is 3.39. The highest BCUT2D eigenvalue weighted by molar-refractivity contribution is 6.30. The Morgan fingerprint density at radius 3 is 2.58 bits per heavy atom. The Bertz CT molecular complexity index is 1150. The predicted octanol–water partition coefficient (Wildman–Crippen LogP) is 4.52. The molecule has 0 aliphatic rings. The van der Waals surface area contributed by atoms with Crippen LogP contribution in [0.2, 0.25) is 5.02 Å². The Labute approximate surface area is 186 Å². The molecule has 1 amide bonds. The standard InChI is InChI=1S/C24H24ClN5O/c1-17-19(15-27-28-17)6-5-13-26-23(31)14-20-16-30(22-7-3-2-4-8-22)29-24(20)18-9-11-21(25)12-10-18/h2-4,7-12,15-16H,5-6,13-14H2,1H3,(H,26,31)(H,27,28). The smallest absolute Gasteiger partial charge is 0.224 e. The van der Waals surface area contributed by atoms with E-state index in [-0.39, 0.29) is 12.3 Å². The number of benzene rings is 2. The van der Waals surface area contributed by atoms with Crippen molar-refractivity contribution in [2.45, 2.75) is 26.2 Å². The molecule has 0 aliphatic heterocycles. The van der Waals surface area contributed by atoms with Crippen LogP contribution in [0.25, 0.3) is 16.9 Å². The minimum Gasteiger partial charge on any atom is -0.356 e. The summed E-state index contributed by atoms with van der Waals surface area (Å²) in [5, 5.41) is 15.4. The number of carbonyl (C=O) groups excluding carboxylic acids is 1. The number of halogens is 1. The summed E-state index contributed by atoms with van der Waals surface area (Å²) in [7, 11) is 0. The first-order valence-corrected chi connectivity index (χ1v) is 10.6. The number of rotatable bonds is 8. The van der Waals surface area contributed by atoms with Gasteiger partial charge in [-0.05, 0) is 49.6 Å². The molecule has 0 unspecified atom stereocenters. The summed E-state index contributed by atoms with van der Waals surface area (Å²) in [5.74, 6) is -0.0215. The lowest BCUT2D eigenvalue weighted by Gasteiger charge is -2.06. The molecule has 2 heterocycles. The molecule has 0 fully saturated rings. The Balaban J connectivity index is 1.46. The van der Waals surface area contributed by atoms with Gasteiger partial charge in [0, 0.05) is 34.6 Å². The number of aryl methyl sites for hydroxylation is 2. The third-order valence-corrected chi connectivity index (χ3v) is 5.41. The summed E-state index contributed by atoms with van der Waals surface area (Å²) in [6.07, 6.45) is 5.76. The summed E-state index contributed by atoms with van der Waals surface area (Å²) in [6, 6.07) is 17.4. The van der Waals surface area contributed by atoms with Crippen LogP contribution >= 0.6 is 11.6 Å². The summed E-state index contributed by atoms with van der Waals surface area (Å²) in [5.41, 5.74) is 5.78. The lowest BCUT2D eigenvalue weighted by Crippen LogP contribution is -2.26. The zero-order valence-corrected chi connectivity index (χ0v) is 18.1. The highest BCUT2D eigenvalue weighted by atomic mass is 35.5. The molecule has 158 valence electrons. The van der Waals surface area contributed by atoms with Crippen LogP contribution in [-0.4, -0.2) is 32.4 Å². The number of nitrogens with one attached hydrogen (secondary N) is 2. The van der Waals surface area contributed by atoms with E-state index in [1.54, 1.807) is 0 Å². The number of aromatic nitrogens is 4. The van der Waals surface area contributed by atoms with Crippen LogP contribution in [0, 0.1) is 6.92 Å². The van der Waals surface area contributed by atoms with E-state index in [9.17, 15) is 4.79 Å². The van der Waals surface area contributed by atoms with Gasteiger partial charge in [-0.2, -0.15) is 10.2 Å². The van der Waals surface area contributed by atoms with Crippen LogP contribution in [0.4, 0.5) is 0 Å². The van der Waals surface area contributed by atoms with Gasteiger partial charge in [-0.3, -0.25) is 9.89 Å². The molecule has 4 aromatic rings. The number of hydrogen-bond donors (Lipinski definition) is 2. The van der Waals surface area contributed by atoms with Crippen molar-refractivity contribution in [3.8, 4) is 16.9 Å². The molecule has 6 nitrogen and oxygen atoms in total. The first-order chi connectivity index (χ1) is 15.1. The SMILES string of the molecule is Cc1[nH]ncc1CCCNC(=O)Cc1cn(-c2ccccc2)nc1-c1ccc(Cl)cc1. The first kappa shape index (κ1) is 20.9. The molecule has 4 rings (SSSR count). The molecular weight excluding hydrogens is 410 g/mol. The molecule has 2 aromatic heterocycles. The molecule has 31 heavy (non-hydrogen) atoms. The van der Waals surface area contributed by atoms with Gasteiger partial charge in [0.25, 0.3) is 0 Å². The van der Waals surface area contributed by atoms with Gasteiger partial charge in [-0.25, -0.2) is 4.68 Å². The second-order valence-corrected chi connectivity index (χ2v) is 7.88. The minimum atomic E-state index is -0.0215. The van der Waals surface area contributed by atoms with E-state index in [1.807, 2.05) is 78.6 Å². The van der Waals surface area contributed by atoms with Crippen LogP contribution < -0.4 is 5.32 Å². The highest BCUT2D eigenvalue weighted by Gasteiger charge is 2.15. The van der Waals surface area contributed by atoms with Crippen molar-refractivity contribution in [2.24, 2.45) is 0 Å². The van der Waals surface area contributed by atoms with Gasteiger partial charge in [0.05, 0.1) is 24.0 Å². The fourth-order valence-electron chi connectivity index (χ4n) is 3.47. The summed E-state index contributed by atoms with van der Waals surface area (Å²) in [6.45, 7) is 2.62. The fourth-order valence-corrected chi connectivity index (χ4v) is 3.60. The third kappa shape index (κ3) is 5.22. The maximum absolute atomic E-state index is 12.6. The molecule has 0 atom stereocenters. The van der Waals surface area contributed by atoms with Crippen LogP contribution in [0.1, 0.15) is 23.2 Å². The van der Waals surface area contributed by atoms with E-state index >= 15 is 0 Å². The third-order valence-electron chi connectivity index (χ3n) is 5.16. The number of amides is 1. The largest absolute Gasteiger partial charge is 0.356 e. The number of para-hydroxylation sites is 1. The Morgan fingerprint density at radius 1 is 1.10 bits per heavy atom. The van der Waals surface area contributed by atoms with Crippen LogP contribution in [0.15, 0.2) is 67.0 Å². The van der Waals surface area contributed by atoms with Gasteiger partial charge in [0.1, 0.15) is 0 Å². The van der Waals surface area contributed by atoms with Crippen molar-refractivity contribution in [2.75, 3.05) is 6.54 Å². The minimum absolute atomic E-state index is 0.0215. The number of nitrogens with zero attached hydrogens (tertiary/aromatic N) is 3. The molecule has 2 N–H and O–H groups in total.